The van der Waals surface area contributed by atoms with Crippen molar-refractivity contribution in [3.05, 3.63) is 69.2 Å². The molecule has 2 rings (SSSR count). The third-order valence-corrected chi connectivity index (χ3v) is 5.22. The lowest BCUT2D eigenvalue weighted by Gasteiger charge is -2.10. The van der Waals surface area contributed by atoms with Crippen molar-refractivity contribution >= 4 is 44.9 Å². The van der Waals surface area contributed by atoms with Crippen molar-refractivity contribution in [3.8, 4) is 0 Å². The van der Waals surface area contributed by atoms with Crippen LogP contribution in [-0.4, -0.2) is 14.7 Å². The van der Waals surface area contributed by atoms with Crippen LogP contribution in [0.5, 0.6) is 0 Å². The van der Waals surface area contributed by atoms with E-state index in [2.05, 4.69) is 15.9 Å². The average molecular weight is 385 g/mol. The highest BCUT2D eigenvalue weighted by Crippen LogP contribution is 2.32. The van der Waals surface area contributed by atoms with E-state index in [1.165, 1.54) is 0 Å². The van der Waals surface area contributed by atoms with Gasteiger partial charge in [0.05, 0.1) is 11.9 Å². The van der Waals surface area contributed by atoms with Crippen LogP contribution in [0.4, 0.5) is 4.79 Å². The van der Waals surface area contributed by atoms with Gasteiger partial charge < -0.3 is 0 Å². The van der Waals surface area contributed by atoms with Gasteiger partial charge in [-0.15, -0.1) is 0 Å². The molecule has 0 aliphatic carbocycles. The Bertz CT molecular complexity index is 655. The molecule has 8 heteroatoms. The van der Waals surface area contributed by atoms with E-state index in [0.717, 1.165) is 28.2 Å². The van der Waals surface area contributed by atoms with Crippen molar-refractivity contribution in [2.75, 3.05) is 0 Å². The monoisotopic (exact) mass is 384 g/mol. The molecule has 108 valence electrons. The first-order valence-electron chi connectivity index (χ1n) is 5.71. The number of benzene rings is 2. The van der Waals surface area contributed by atoms with Crippen LogP contribution in [-0.2, 0) is 0 Å². The Morgan fingerprint density at radius 1 is 1.10 bits per heavy atom. The predicted octanol–water partition coefficient (Wildman–Crippen LogP) is 4.86. The quantitative estimate of drug-likeness (QED) is 0.325. The maximum absolute atomic E-state index is 12.1. The number of carbonyl (C=O) groups excluding carboxylic acids is 1. The Hall–Kier alpha value is -1.51. The Morgan fingerprint density at radius 3 is 2.33 bits per heavy atom. The second-order valence-corrected chi connectivity index (χ2v) is 6.56. The van der Waals surface area contributed by atoms with Crippen molar-refractivity contribution in [2.24, 2.45) is 0 Å². The number of amides is 1. The second-order valence-electron chi connectivity index (χ2n) is 3.71. The first-order valence-corrected chi connectivity index (χ1v) is 8.10. The number of nitrogens with zero attached hydrogens (tertiary/aromatic N) is 2. The van der Waals surface area contributed by atoms with Gasteiger partial charge in [0.1, 0.15) is 0 Å². The number of halogens is 1. The molecule has 0 aromatic heterocycles. The van der Waals surface area contributed by atoms with Crippen molar-refractivity contribution < 1.29 is 9.83 Å². The standard InChI is InChI=1S/C13H9BrN2O3S2/c14-11-8-4-5-9-12(11)20-13(17)15(16(18)19)21-10-6-2-1-3-7-10/h1-9H. The first kappa shape index (κ1) is 15.9. The van der Waals surface area contributed by atoms with E-state index in [4.69, 9.17) is 0 Å². The van der Waals surface area contributed by atoms with Gasteiger partial charge in [0, 0.05) is 18.7 Å². The van der Waals surface area contributed by atoms with Gasteiger partial charge in [0.15, 0.2) is 5.03 Å². The molecule has 1 amide bonds. The molecule has 2 aromatic carbocycles. The van der Waals surface area contributed by atoms with Crippen LogP contribution < -0.4 is 0 Å². The van der Waals surface area contributed by atoms with Gasteiger partial charge in [-0.1, -0.05) is 30.3 Å². The predicted molar refractivity (Wildman–Crippen MR) is 86.5 cm³/mol. The van der Waals surface area contributed by atoms with Gasteiger partial charge in [0.2, 0.25) is 0 Å². The molecular formula is C13H9BrN2O3S2. The fraction of sp³-hybridized carbons (Fsp3) is 0. The number of nitro groups is 1. The molecule has 5 nitrogen and oxygen atoms in total. The number of rotatable bonds is 4. The van der Waals surface area contributed by atoms with Gasteiger partial charge in [-0.2, -0.15) is 0 Å². The maximum atomic E-state index is 12.1. The summed E-state index contributed by atoms with van der Waals surface area (Å²) in [6.07, 6.45) is 0. The zero-order chi connectivity index (χ0) is 15.2. The minimum atomic E-state index is -0.718. The summed E-state index contributed by atoms with van der Waals surface area (Å²) in [5, 5.41) is 9.70. The highest BCUT2D eigenvalue weighted by Gasteiger charge is 2.27. The van der Waals surface area contributed by atoms with Crippen LogP contribution in [0.1, 0.15) is 0 Å². The molecule has 0 spiro atoms. The van der Waals surface area contributed by atoms with Crippen LogP contribution in [0, 0.1) is 10.1 Å². The van der Waals surface area contributed by atoms with Gasteiger partial charge in [0.25, 0.3) is 0 Å². The fourth-order valence-electron chi connectivity index (χ4n) is 1.38. The third kappa shape index (κ3) is 4.48. The molecule has 0 aliphatic heterocycles. The van der Waals surface area contributed by atoms with Gasteiger partial charge in [-0.25, -0.2) is 10.1 Å². The molecule has 21 heavy (non-hydrogen) atoms. The lowest BCUT2D eigenvalue weighted by atomic mass is 10.4. The van der Waals surface area contributed by atoms with Crippen LogP contribution in [0.15, 0.2) is 68.9 Å². The lowest BCUT2D eigenvalue weighted by molar-refractivity contribution is -0.593. The zero-order valence-corrected chi connectivity index (χ0v) is 13.7. The largest absolute Gasteiger partial charge is 0.359 e. The molecule has 0 saturated heterocycles. The molecule has 0 heterocycles. The third-order valence-electron chi connectivity index (χ3n) is 2.27. The molecule has 0 radical (unpaired) electrons. The topological polar surface area (TPSA) is 63.5 Å². The van der Waals surface area contributed by atoms with Crippen molar-refractivity contribution in [1.29, 1.82) is 0 Å². The number of carbonyl (C=O) groups is 1. The average Bonchev–Trinajstić information content (AvgIpc) is 2.48. The van der Waals surface area contributed by atoms with Crippen LogP contribution in [0.25, 0.3) is 0 Å². The normalized spacial score (nSPS) is 10.1. The van der Waals surface area contributed by atoms with E-state index in [-0.39, 0.29) is 0 Å². The Morgan fingerprint density at radius 2 is 1.71 bits per heavy atom. The fourth-order valence-corrected chi connectivity index (χ4v) is 3.40. The van der Waals surface area contributed by atoms with E-state index in [9.17, 15) is 14.9 Å². The van der Waals surface area contributed by atoms with E-state index in [0.29, 0.717) is 14.2 Å². The molecule has 0 unspecified atom stereocenters. The minimum absolute atomic E-state index is 0.527. The number of hydrogen-bond donors (Lipinski definition) is 0. The summed E-state index contributed by atoms with van der Waals surface area (Å²) in [4.78, 5) is 24.4. The summed E-state index contributed by atoms with van der Waals surface area (Å²) < 4.78 is 1.25. The Kier molecular flexibility index (Phi) is 5.66. The summed E-state index contributed by atoms with van der Waals surface area (Å²) in [5.41, 5.74) is 0. The second kappa shape index (κ2) is 7.48. The van der Waals surface area contributed by atoms with Crippen LogP contribution >= 0.6 is 39.6 Å². The van der Waals surface area contributed by atoms with Crippen LogP contribution in [0.2, 0.25) is 0 Å². The summed E-state index contributed by atoms with van der Waals surface area (Å²) in [6.45, 7) is 0. The molecular weight excluding hydrogens is 376 g/mol. The van der Waals surface area contributed by atoms with E-state index in [1.807, 2.05) is 6.07 Å². The molecule has 2 aromatic rings. The van der Waals surface area contributed by atoms with Crippen molar-refractivity contribution in [2.45, 2.75) is 9.79 Å². The first-order chi connectivity index (χ1) is 10.1. The maximum Gasteiger partial charge on any atom is 0.359 e. The summed E-state index contributed by atoms with van der Waals surface area (Å²) in [7, 11) is 0. The number of hydrogen-bond acceptors (Lipinski definition) is 5. The highest BCUT2D eigenvalue weighted by molar-refractivity contribution is 9.10. The van der Waals surface area contributed by atoms with Gasteiger partial charge in [-0.05, 0) is 52.0 Å². The van der Waals surface area contributed by atoms with Gasteiger partial charge in [-0.3, -0.25) is 4.79 Å². The molecule has 0 bridgehead atoms. The number of thioether (sulfide) groups is 1. The van der Waals surface area contributed by atoms with Crippen LogP contribution in [0.3, 0.4) is 0 Å². The smallest absolute Gasteiger partial charge is 0.254 e. The van der Waals surface area contributed by atoms with E-state index < -0.39 is 10.3 Å². The van der Waals surface area contributed by atoms with Gasteiger partial charge >= 0.3 is 5.24 Å². The molecule has 0 aliphatic rings. The van der Waals surface area contributed by atoms with E-state index >= 15 is 0 Å². The molecule has 0 N–H and O–H groups in total. The lowest BCUT2D eigenvalue weighted by Crippen LogP contribution is -2.26. The zero-order valence-electron chi connectivity index (χ0n) is 10.5. The summed E-state index contributed by atoms with van der Waals surface area (Å²) in [6, 6.07) is 15.8. The SMILES string of the molecule is O=C(Sc1ccccc1Br)N(Sc1ccccc1)[N+](=O)[O-]. The summed E-state index contributed by atoms with van der Waals surface area (Å²) in [5.74, 6) is 0. The Labute approximate surface area is 138 Å². The highest BCUT2D eigenvalue weighted by atomic mass is 79.9. The van der Waals surface area contributed by atoms with E-state index in [1.54, 1.807) is 48.5 Å². The molecule has 0 atom stereocenters. The summed E-state index contributed by atoms with van der Waals surface area (Å²) >= 11 is 4.89. The van der Waals surface area contributed by atoms with Crippen molar-refractivity contribution in [3.63, 3.8) is 0 Å². The Balaban J connectivity index is 2.13. The van der Waals surface area contributed by atoms with Crippen molar-refractivity contribution in [1.82, 2.24) is 4.41 Å². The molecule has 0 fully saturated rings. The minimum Gasteiger partial charge on any atom is -0.254 e. The molecule has 0 saturated carbocycles. The number of hydrazine groups is 1.